The van der Waals surface area contributed by atoms with Crippen molar-refractivity contribution in [1.82, 2.24) is 15.1 Å². The van der Waals surface area contributed by atoms with Crippen LogP contribution in [-0.4, -0.2) is 53.2 Å². The van der Waals surface area contributed by atoms with E-state index in [-0.39, 0.29) is 30.1 Å². The zero-order valence-electron chi connectivity index (χ0n) is 15.7. The van der Waals surface area contributed by atoms with Crippen LogP contribution in [0.1, 0.15) is 36.7 Å². The minimum Gasteiger partial charge on any atom is -0.495 e. The van der Waals surface area contributed by atoms with Crippen LogP contribution in [0.25, 0.3) is 0 Å². The van der Waals surface area contributed by atoms with E-state index in [9.17, 15) is 9.59 Å². The fraction of sp³-hybridized carbons (Fsp3) is 0.400. The van der Waals surface area contributed by atoms with E-state index < -0.39 is 0 Å². The summed E-state index contributed by atoms with van der Waals surface area (Å²) in [6, 6.07) is 10.7. The molecule has 0 bridgehead atoms. The number of hydrogen-bond acceptors (Lipinski definition) is 5. The molecule has 0 radical (unpaired) electrons. The molecule has 0 aliphatic carbocycles. The molecule has 1 saturated heterocycles. The van der Waals surface area contributed by atoms with Crippen LogP contribution in [0.3, 0.4) is 0 Å². The SMILES string of the molecule is CCCCC1CN(c2ccccc2OC)C(=O)CN1C(=O)c1cccnn1. The fourth-order valence-corrected chi connectivity index (χ4v) is 3.34. The molecule has 3 rings (SSSR count). The third kappa shape index (κ3) is 4.07. The number of amides is 2. The van der Waals surface area contributed by atoms with Crippen LogP contribution in [0.2, 0.25) is 0 Å². The van der Waals surface area contributed by atoms with Gasteiger partial charge in [-0.15, -0.1) is 5.10 Å². The molecular formula is C20H24N4O3. The van der Waals surface area contributed by atoms with Gasteiger partial charge < -0.3 is 14.5 Å². The Hall–Kier alpha value is -2.96. The normalized spacial score (nSPS) is 17.1. The van der Waals surface area contributed by atoms with Crippen molar-refractivity contribution in [2.45, 2.75) is 32.2 Å². The maximum atomic E-state index is 12.9. The Balaban J connectivity index is 1.88. The molecule has 0 spiro atoms. The molecule has 7 nitrogen and oxygen atoms in total. The summed E-state index contributed by atoms with van der Waals surface area (Å²) in [5.41, 5.74) is 0.996. The van der Waals surface area contributed by atoms with E-state index in [1.165, 1.54) is 6.20 Å². The van der Waals surface area contributed by atoms with E-state index in [2.05, 4.69) is 17.1 Å². The molecule has 0 saturated carbocycles. The first-order valence-electron chi connectivity index (χ1n) is 9.17. The van der Waals surface area contributed by atoms with Crippen LogP contribution in [0.15, 0.2) is 42.6 Å². The number of nitrogens with zero attached hydrogens (tertiary/aromatic N) is 4. The highest BCUT2D eigenvalue weighted by Gasteiger charge is 2.37. The highest BCUT2D eigenvalue weighted by Crippen LogP contribution is 2.31. The van der Waals surface area contributed by atoms with Gasteiger partial charge in [0, 0.05) is 12.7 Å². The molecule has 1 unspecified atom stereocenters. The Morgan fingerprint density at radius 2 is 2.07 bits per heavy atom. The van der Waals surface area contributed by atoms with E-state index in [4.69, 9.17) is 4.74 Å². The predicted octanol–water partition coefficient (Wildman–Crippen LogP) is 2.53. The first kappa shape index (κ1) is 18.8. The van der Waals surface area contributed by atoms with E-state index in [0.717, 1.165) is 24.9 Å². The lowest BCUT2D eigenvalue weighted by Crippen LogP contribution is -2.58. The molecule has 0 N–H and O–H groups in total. The van der Waals surface area contributed by atoms with Crippen LogP contribution >= 0.6 is 0 Å². The first-order valence-corrected chi connectivity index (χ1v) is 9.17. The molecule has 2 heterocycles. The molecule has 1 aromatic carbocycles. The number of aromatic nitrogens is 2. The molecule has 1 fully saturated rings. The quantitative estimate of drug-likeness (QED) is 0.783. The second-order valence-corrected chi connectivity index (χ2v) is 6.51. The van der Waals surface area contributed by atoms with E-state index in [1.54, 1.807) is 29.0 Å². The minimum absolute atomic E-state index is 0.0157. The highest BCUT2D eigenvalue weighted by atomic mass is 16.5. The minimum atomic E-state index is -0.253. The summed E-state index contributed by atoms with van der Waals surface area (Å²) in [5.74, 6) is 0.260. The number of methoxy groups -OCH3 is 1. The Morgan fingerprint density at radius 1 is 1.26 bits per heavy atom. The number of para-hydroxylation sites is 2. The number of ether oxygens (including phenoxy) is 1. The van der Waals surface area contributed by atoms with Gasteiger partial charge in [-0.1, -0.05) is 31.9 Å². The van der Waals surface area contributed by atoms with Gasteiger partial charge in [-0.25, -0.2) is 0 Å². The van der Waals surface area contributed by atoms with Crippen molar-refractivity contribution in [3.05, 3.63) is 48.3 Å². The zero-order chi connectivity index (χ0) is 19.2. The Bertz CT molecular complexity index is 797. The van der Waals surface area contributed by atoms with Crippen LogP contribution in [0.5, 0.6) is 5.75 Å². The number of anilines is 1. The molecule has 1 aromatic heterocycles. The zero-order valence-corrected chi connectivity index (χ0v) is 15.7. The molecule has 1 aliphatic rings. The van der Waals surface area contributed by atoms with Crippen molar-refractivity contribution in [1.29, 1.82) is 0 Å². The van der Waals surface area contributed by atoms with Gasteiger partial charge in [0.1, 0.15) is 12.3 Å². The van der Waals surface area contributed by atoms with Gasteiger partial charge in [-0.3, -0.25) is 9.59 Å². The summed E-state index contributed by atoms with van der Waals surface area (Å²) in [4.78, 5) is 29.1. The monoisotopic (exact) mass is 368 g/mol. The van der Waals surface area contributed by atoms with Crippen LogP contribution in [0, 0.1) is 0 Å². The number of hydrogen-bond donors (Lipinski definition) is 0. The molecule has 7 heteroatoms. The summed E-state index contributed by atoms with van der Waals surface area (Å²) in [6.07, 6.45) is 4.34. The van der Waals surface area contributed by atoms with Crippen molar-refractivity contribution >= 4 is 17.5 Å². The smallest absolute Gasteiger partial charge is 0.275 e. The lowest BCUT2D eigenvalue weighted by molar-refractivity contribution is -0.121. The third-order valence-electron chi connectivity index (χ3n) is 4.76. The summed E-state index contributed by atoms with van der Waals surface area (Å²) in [5, 5.41) is 7.69. The number of carbonyl (C=O) groups is 2. The van der Waals surface area contributed by atoms with Crippen molar-refractivity contribution in [2.24, 2.45) is 0 Å². The fourth-order valence-electron chi connectivity index (χ4n) is 3.34. The third-order valence-corrected chi connectivity index (χ3v) is 4.76. The van der Waals surface area contributed by atoms with Gasteiger partial charge in [0.25, 0.3) is 5.91 Å². The van der Waals surface area contributed by atoms with Crippen LogP contribution in [0.4, 0.5) is 5.69 Å². The summed E-state index contributed by atoms with van der Waals surface area (Å²) in [7, 11) is 1.59. The topological polar surface area (TPSA) is 75.6 Å². The summed E-state index contributed by atoms with van der Waals surface area (Å²) >= 11 is 0. The molecule has 27 heavy (non-hydrogen) atoms. The molecular weight excluding hydrogens is 344 g/mol. The second kappa shape index (κ2) is 8.62. The van der Waals surface area contributed by atoms with Gasteiger partial charge in [-0.2, -0.15) is 5.10 Å². The number of rotatable bonds is 6. The molecule has 2 amide bonds. The number of piperazine rings is 1. The van der Waals surface area contributed by atoms with E-state index in [1.807, 2.05) is 24.3 Å². The second-order valence-electron chi connectivity index (χ2n) is 6.51. The van der Waals surface area contributed by atoms with Gasteiger partial charge in [0.2, 0.25) is 5.91 Å². The largest absolute Gasteiger partial charge is 0.495 e. The lowest BCUT2D eigenvalue weighted by atomic mass is 10.0. The Labute approximate surface area is 158 Å². The van der Waals surface area contributed by atoms with E-state index >= 15 is 0 Å². The number of benzene rings is 1. The average Bonchev–Trinajstić information content (AvgIpc) is 2.72. The van der Waals surface area contributed by atoms with Crippen LogP contribution < -0.4 is 9.64 Å². The van der Waals surface area contributed by atoms with Gasteiger partial charge in [0.15, 0.2) is 5.69 Å². The van der Waals surface area contributed by atoms with Crippen molar-refractivity contribution < 1.29 is 14.3 Å². The number of carbonyl (C=O) groups excluding carboxylic acids is 2. The van der Waals surface area contributed by atoms with Gasteiger partial charge >= 0.3 is 0 Å². The molecule has 1 atom stereocenters. The van der Waals surface area contributed by atoms with Crippen molar-refractivity contribution in [3.8, 4) is 5.75 Å². The van der Waals surface area contributed by atoms with Crippen molar-refractivity contribution in [3.63, 3.8) is 0 Å². The predicted molar refractivity (Wildman–Crippen MR) is 102 cm³/mol. The summed E-state index contributed by atoms with van der Waals surface area (Å²) < 4.78 is 5.41. The molecule has 1 aliphatic heterocycles. The van der Waals surface area contributed by atoms with Gasteiger partial charge in [0.05, 0.1) is 18.8 Å². The van der Waals surface area contributed by atoms with Crippen LogP contribution in [-0.2, 0) is 4.79 Å². The molecule has 142 valence electrons. The van der Waals surface area contributed by atoms with Gasteiger partial charge in [-0.05, 0) is 30.7 Å². The average molecular weight is 368 g/mol. The number of unbranched alkanes of at least 4 members (excludes halogenated alkanes) is 1. The lowest BCUT2D eigenvalue weighted by Gasteiger charge is -2.41. The van der Waals surface area contributed by atoms with Crippen molar-refractivity contribution in [2.75, 3.05) is 25.1 Å². The maximum Gasteiger partial charge on any atom is 0.275 e. The standard InChI is InChI=1S/C20H24N4O3/c1-3-4-8-15-13-24(17-10-5-6-11-18(17)27-2)19(25)14-23(15)20(26)16-9-7-12-21-22-16/h5-7,9-12,15H,3-4,8,13-14H2,1-2H3. The highest BCUT2D eigenvalue weighted by molar-refractivity contribution is 6.02. The summed E-state index contributed by atoms with van der Waals surface area (Å²) in [6.45, 7) is 2.56. The first-order chi connectivity index (χ1) is 13.2. The Kier molecular flexibility index (Phi) is 6.01. The van der Waals surface area contributed by atoms with E-state index in [0.29, 0.717) is 12.3 Å². The molecule has 2 aromatic rings. The maximum absolute atomic E-state index is 12.9. The Morgan fingerprint density at radius 3 is 2.78 bits per heavy atom.